The molecule has 1 N–H and O–H groups in total. The molecule has 2 saturated heterocycles. The molecule has 3 rings (SSSR count). The Bertz CT molecular complexity index is 590. The Labute approximate surface area is 135 Å². The Morgan fingerprint density at radius 2 is 2.10 bits per heavy atom. The van der Waals surface area contributed by atoms with Gasteiger partial charge in [0, 0.05) is 16.0 Å². The van der Waals surface area contributed by atoms with Crippen molar-refractivity contribution in [3.63, 3.8) is 0 Å². The topological polar surface area (TPSA) is 60.9 Å². The summed E-state index contributed by atoms with van der Waals surface area (Å²) in [5.41, 5.74) is 0.769. The molecule has 2 aliphatic heterocycles. The fourth-order valence-corrected chi connectivity index (χ4v) is 3.86. The molecule has 3 amide bonds. The first-order valence-corrected chi connectivity index (χ1v) is 7.89. The lowest BCUT2D eigenvalue weighted by atomic mass is 10.00. The molecule has 0 saturated carbocycles. The molecule has 7 heteroatoms. The normalized spacial score (nSPS) is 25.5. The summed E-state index contributed by atoms with van der Waals surface area (Å²) in [6.07, 6.45) is 0.496. The van der Waals surface area contributed by atoms with Crippen molar-refractivity contribution < 1.29 is 14.7 Å². The molecule has 0 radical (unpaired) electrons. The fourth-order valence-electron chi connectivity index (χ4n) is 2.93. The summed E-state index contributed by atoms with van der Waals surface area (Å²) in [6.45, 7) is 0.679. The Hall–Kier alpha value is -1.11. The van der Waals surface area contributed by atoms with Gasteiger partial charge in [0.05, 0.1) is 12.6 Å². The number of nitrogens with zero attached hydrogens (tertiary/aromatic N) is 2. The molecule has 1 aromatic rings. The molecule has 0 bridgehead atoms. The Balaban J connectivity index is 1.85. The second-order valence-corrected chi connectivity index (χ2v) is 6.68. The minimum atomic E-state index is -0.772. The van der Waals surface area contributed by atoms with Crippen LogP contribution in [0.2, 0.25) is 5.02 Å². The van der Waals surface area contributed by atoms with E-state index in [0.29, 0.717) is 24.4 Å². The number of hydrogen-bond acceptors (Lipinski definition) is 3. The zero-order valence-electron chi connectivity index (χ0n) is 11.1. The van der Waals surface area contributed by atoms with E-state index in [1.165, 1.54) is 9.80 Å². The predicted molar refractivity (Wildman–Crippen MR) is 80.8 cm³/mol. The van der Waals surface area contributed by atoms with Gasteiger partial charge in [-0.25, -0.2) is 4.79 Å². The van der Waals surface area contributed by atoms with Gasteiger partial charge in [-0.15, -0.1) is 0 Å². The minimum absolute atomic E-state index is 0.163. The number of carbonyl (C=O) groups is 2. The van der Waals surface area contributed by atoms with Crippen molar-refractivity contribution in [1.29, 1.82) is 0 Å². The predicted octanol–water partition coefficient (Wildman–Crippen LogP) is 2.39. The SMILES string of the molecule is O=C1C2C(O)CCCN2C(=O)N1Cc1cc(Cl)cc(Br)c1. The monoisotopic (exact) mass is 372 g/mol. The number of amides is 3. The van der Waals surface area contributed by atoms with Gasteiger partial charge in [0.1, 0.15) is 6.04 Å². The van der Waals surface area contributed by atoms with Crippen molar-refractivity contribution in [2.75, 3.05) is 6.54 Å². The lowest BCUT2D eigenvalue weighted by Crippen LogP contribution is -2.48. The van der Waals surface area contributed by atoms with Crippen molar-refractivity contribution in [3.8, 4) is 0 Å². The maximum atomic E-state index is 12.4. The first kappa shape index (κ1) is 14.8. The summed E-state index contributed by atoms with van der Waals surface area (Å²) in [7, 11) is 0. The largest absolute Gasteiger partial charge is 0.390 e. The van der Waals surface area contributed by atoms with E-state index in [-0.39, 0.29) is 18.5 Å². The van der Waals surface area contributed by atoms with Crippen molar-refractivity contribution in [1.82, 2.24) is 9.80 Å². The average molecular weight is 374 g/mol. The van der Waals surface area contributed by atoms with Crippen LogP contribution in [0, 0.1) is 0 Å². The smallest absolute Gasteiger partial charge is 0.327 e. The van der Waals surface area contributed by atoms with Crippen molar-refractivity contribution in [2.24, 2.45) is 0 Å². The van der Waals surface area contributed by atoms with Crippen molar-refractivity contribution >= 4 is 39.5 Å². The molecule has 5 nitrogen and oxygen atoms in total. The van der Waals surface area contributed by atoms with Gasteiger partial charge in [-0.1, -0.05) is 27.5 Å². The zero-order valence-corrected chi connectivity index (χ0v) is 13.5. The molecule has 1 aromatic carbocycles. The summed E-state index contributed by atoms with van der Waals surface area (Å²) in [6, 6.07) is 4.22. The molecule has 2 unspecified atom stereocenters. The lowest BCUT2D eigenvalue weighted by molar-refractivity contribution is -0.132. The number of rotatable bonds is 2. The highest BCUT2D eigenvalue weighted by Crippen LogP contribution is 2.29. The van der Waals surface area contributed by atoms with E-state index in [9.17, 15) is 14.7 Å². The van der Waals surface area contributed by atoms with E-state index in [1.807, 2.05) is 6.07 Å². The van der Waals surface area contributed by atoms with E-state index in [1.54, 1.807) is 12.1 Å². The number of benzene rings is 1. The number of halogens is 2. The molecule has 0 aromatic heterocycles. The summed E-state index contributed by atoms with van der Waals surface area (Å²) < 4.78 is 0.793. The minimum Gasteiger partial charge on any atom is -0.390 e. The Morgan fingerprint density at radius 3 is 2.76 bits per heavy atom. The van der Waals surface area contributed by atoms with E-state index in [0.717, 1.165) is 10.0 Å². The molecule has 0 spiro atoms. The van der Waals surface area contributed by atoms with Crippen LogP contribution in [0.15, 0.2) is 22.7 Å². The first-order chi connectivity index (χ1) is 9.97. The summed E-state index contributed by atoms with van der Waals surface area (Å²) >= 11 is 9.32. The van der Waals surface area contributed by atoms with Gasteiger partial charge in [-0.3, -0.25) is 9.69 Å². The molecular formula is C14H14BrClN2O3. The van der Waals surface area contributed by atoms with E-state index in [4.69, 9.17) is 11.6 Å². The second-order valence-electron chi connectivity index (χ2n) is 5.33. The third-order valence-corrected chi connectivity index (χ3v) is 4.53. The van der Waals surface area contributed by atoms with Crippen LogP contribution in [0.25, 0.3) is 0 Å². The highest BCUT2D eigenvalue weighted by molar-refractivity contribution is 9.10. The van der Waals surface area contributed by atoms with Crippen molar-refractivity contribution in [3.05, 3.63) is 33.3 Å². The number of urea groups is 1. The standard InChI is InChI=1S/C14H14BrClN2O3/c15-9-4-8(5-10(16)6-9)7-18-13(20)12-11(19)2-1-3-17(12)14(18)21/h4-6,11-12,19H,1-3,7H2. The van der Waals surface area contributed by atoms with Crippen LogP contribution < -0.4 is 0 Å². The molecule has 0 aliphatic carbocycles. The number of hydrogen-bond donors (Lipinski definition) is 1. The second kappa shape index (κ2) is 5.59. The lowest BCUT2D eigenvalue weighted by Gasteiger charge is -2.30. The molecule has 2 fully saturated rings. The van der Waals surface area contributed by atoms with Crippen LogP contribution in [-0.2, 0) is 11.3 Å². The highest BCUT2D eigenvalue weighted by atomic mass is 79.9. The third-order valence-electron chi connectivity index (χ3n) is 3.86. The van der Waals surface area contributed by atoms with Gasteiger partial charge in [0.15, 0.2) is 0 Å². The van der Waals surface area contributed by atoms with Gasteiger partial charge in [0.2, 0.25) is 0 Å². The number of piperidine rings is 1. The molecule has 2 atom stereocenters. The summed E-state index contributed by atoms with van der Waals surface area (Å²) in [5.74, 6) is -0.330. The van der Waals surface area contributed by atoms with Crippen molar-refractivity contribution in [2.45, 2.75) is 31.5 Å². The number of aliphatic hydroxyl groups is 1. The maximum Gasteiger partial charge on any atom is 0.327 e. The van der Waals surface area contributed by atoms with Crippen LogP contribution in [0.5, 0.6) is 0 Å². The number of aliphatic hydroxyl groups excluding tert-OH is 1. The Morgan fingerprint density at radius 1 is 1.33 bits per heavy atom. The Kier molecular flexibility index (Phi) is 3.94. The zero-order chi connectivity index (χ0) is 15.1. The number of imide groups is 1. The molecule has 2 heterocycles. The first-order valence-electron chi connectivity index (χ1n) is 6.72. The third kappa shape index (κ3) is 2.67. The summed E-state index contributed by atoms with van der Waals surface area (Å²) in [4.78, 5) is 27.4. The van der Waals surface area contributed by atoms with E-state index in [2.05, 4.69) is 15.9 Å². The highest BCUT2D eigenvalue weighted by Gasteiger charge is 2.49. The van der Waals surface area contributed by atoms with E-state index < -0.39 is 12.1 Å². The van der Waals surface area contributed by atoms with Crippen LogP contribution in [-0.4, -0.2) is 45.5 Å². The maximum absolute atomic E-state index is 12.4. The van der Waals surface area contributed by atoms with Gasteiger partial charge in [-0.2, -0.15) is 0 Å². The van der Waals surface area contributed by atoms with Gasteiger partial charge in [0.25, 0.3) is 5.91 Å². The van der Waals surface area contributed by atoms with Crippen LogP contribution >= 0.6 is 27.5 Å². The summed E-state index contributed by atoms with van der Waals surface area (Å²) in [5, 5.41) is 10.5. The fraction of sp³-hybridized carbons (Fsp3) is 0.429. The molecule has 21 heavy (non-hydrogen) atoms. The van der Waals surface area contributed by atoms with Gasteiger partial charge >= 0.3 is 6.03 Å². The van der Waals surface area contributed by atoms with E-state index >= 15 is 0 Å². The van der Waals surface area contributed by atoms with Gasteiger partial charge in [-0.05, 0) is 36.6 Å². The number of fused-ring (bicyclic) bond motifs is 1. The van der Waals surface area contributed by atoms with Crippen LogP contribution in [0.1, 0.15) is 18.4 Å². The number of carbonyl (C=O) groups excluding carboxylic acids is 2. The van der Waals surface area contributed by atoms with Crippen LogP contribution in [0.4, 0.5) is 4.79 Å². The average Bonchev–Trinajstić information content (AvgIpc) is 2.64. The van der Waals surface area contributed by atoms with Gasteiger partial charge < -0.3 is 10.0 Å². The quantitative estimate of drug-likeness (QED) is 0.810. The molecular weight excluding hydrogens is 360 g/mol. The van der Waals surface area contributed by atoms with Crippen LogP contribution in [0.3, 0.4) is 0 Å². The molecule has 112 valence electrons. The molecule has 2 aliphatic rings.